The Morgan fingerprint density at radius 1 is 1.43 bits per heavy atom. The Morgan fingerprint density at radius 3 is 2.81 bits per heavy atom. The maximum absolute atomic E-state index is 11.3. The minimum absolute atomic E-state index is 0.352. The second-order valence-electron chi connectivity index (χ2n) is 5.96. The van der Waals surface area contributed by atoms with E-state index in [1.165, 1.54) is 24.9 Å². The molecule has 0 aromatic heterocycles. The molecular formula is C17H27N3O. The molecule has 4 nitrogen and oxygen atoms in total. The molecular weight excluding hydrogens is 262 g/mol. The monoisotopic (exact) mass is 289 g/mol. The molecule has 1 amide bonds. The minimum atomic E-state index is -0.352. The lowest BCUT2D eigenvalue weighted by Gasteiger charge is -2.32. The third kappa shape index (κ3) is 4.21. The van der Waals surface area contributed by atoms with E-state index in [9.17, 15) is 4.79 Å². The van der Waals surface area contributed by atoms with Gasteiger partial charge >= 0.3 is 0 Å². The van der Waals surface area contributed by atoms with E-state index in [0.29, 0.717) is 11.6 Å². The van der Waals surface area contributed by atoms with Crippen molar-refractivity contribution in [2.75, 3.05) is 24.5 Å². The van der Waals surface area contributed by atoms with Gasteiger partial charge in [-0.2, -0.15) is 0 Å². The molecule has 1 fully saturated rings. The van der Waals surface area contributed by atoms with Crippen molar-refractivity contribution >= 4 is 11.6 Å². The maximum atomic E-state index is 11.3. The molecule has 116 valence electrons. The van der Waals surface area contributed by atoms with Crippen LogP contribution in [-0.4, -0.2) is 31.6 Å². The predicted octanol–water partition coefficient (Wildman–Crippen LogP) is 2.45. The summed E-state index contributed by atoms with van der Waals surface area (Å²) in [5, 5.41) is 3.61. The first-order valence-corrected chi connectivity index (χ1v) is 8.00. The van der Waals surface area contributed by atoms with Crippen molar-refractivity contribution in [3.05, 3.63) is 29.3 Å². The standard InChI is InChI=1S/C17H27N3O/c1-3-10-20(12-14-6-4-5-9-19-14)15-7-8-16(17(18)21)13(2)11-15/h7-8,11,14,19H,3-6,9-10,12H2,1-2H3,(H2,18,21). The van der Waals surface area contributed by atoms with Crippen molar-refractivity contribution in [2.45, 2.75) is 45.6 Å². The molecule has 4 heteroatoms. The molecule has 1 unspecified atom stereocenters. The Morgan fingerprint density at radius 2 is 2.24 bits per heavy atom. The molecule has 2 rings (SSSR count). The lowest BCUT2D eigenvalue weighted by Crippen LogP contribution is -2.44. The summed E-state index contributed by atoms with van der Waals surface area (Å²) in [4.78, 5) is 13.8. The van der Waals surface area contributed by atoms with Crippen molar-refractivity contribution in [2.24, 2.45) is 5.73 Å². The van der Waals surface area contributed by atoms with E-state index in [-0.39, 0.29) is 5.91 Å². The number of carbonyl (C=O) groups is 1. The summed E-state index contributed by atoms with van der Waals surface area (Å²) >= 11 is 0. The number of anilines is 1. The van der Waals surface area contributed by atoms with Crippen molar-refractivity contribution in [1.29, 1.82) is 0 Å². The Balaban J connectivity index is 2.13. The zero-order chi connectivity index (χ0) is 15.2. The fourth-order valence-corrected chi connectivity index (χ4v) is 3.06. The fraction of sp³-hybridized carbons (Fsp3) is 0.588. The number of nitrogens with zero attached hydrogens (tertiary/aromatic N) is 1. The SMILES string of the molecule is CCCN(CC1CCCCN1)c1ccc(C(N)=O)c(C)c1. The van der Waals surface area contributed by atoms with Gasteiger partial charge in [0.25, 0.3) is 0 Å². The van der Waals surface area contributed by atoms with Gasteiger partial charge in [0.15, 0.2) is 0 Å². The summed E-state index contributed by atoms with van der Waals surface area (Å²) in [5.41, 5.74) is 8.15. The Kier molecular flexibility index (Phi) is 5.62. The highest BCUT2D eigenvalue weighted by molar-refractivity contribution is 5.94. The Hall–Kier alpha value is -1.55. The predicted molar refractivity (Wildman–Crippen MR) is 87.8 cm³/mol. The highest BCUT2D eigenvalue weighted by Gasteiger charge is 2.17. The molecule has 1 aliphatic rings. The van der Waals surface area contributed by atoms with Crippen LogP contribution in [-0.2, 0) is 0 Å². The lowest BCUT2D eigenvalue weighted by molar-refractivity contribution is 0.0999. The number of nitrogens with one attached hydrogen (secondary N) is 1. The smallest absolute Gasteiger partial charge is 0.248 e. The van der Waals surface area contributed by atoms with Gasteiger partial charge in [-0.15, -0.1) is 0 Å². The first kappa shape index (κ1) is 15.8. The highest BCUT2D eigenvalue weighted by atomic mass is 16.1. The molecule has 21 heavy (non-hydrogen) atoms. The normalized spacial score (nSPS) is 18.5. The average Bonchev–Trinajstić information content (AvgIpc) is 2.47. The number of amides is 1. The largest absolute Gasteiger partial charge is 0.370 e. The Bertz CT molecular complexity index is 481. The number of hydrogen-bond donors (Lipinski definition) is 2. The summed E-state index contributed by atoms with van der Waals surface area (Å²) < 4.78 is 0. The summed E-state index contributed by atoms with van der Waals surface area (Å²) in [5.74, 6) is -0.352. The number of carbonyl (C=O) groups excluding carboxylic acids is 1. The zero-order valence-electron chi connectivity index (χ0n) is 13.2. The second-order valence-corrected chi connectivity index (χ2v) is 5.96. The number of hydrogen-bond acceptors (Lipinski definition) is 3. The van der Waals surface area contributed by atoms with Gasteiger partial charge < -0.3 is 16.0 Å². The molecule has 0 bridgehead atoms. The second kappa shape index (κ2) is 7.46. The molecule has 1 aromatic rings. The summed E-state index contributed by atoms with van der Waals surface area (Å²) in [6.07, 6.45) is 4.97. The number of primary amides is 1. The molecule has 1 atom stereocenters. The van der Waals surface area contributed by atoms with Gasteiger partial charge in [0.1, 0.15) is 0 Å². The van der Waals surface area contributed by atoms with E-state index >= 15 is 0 Å². The third-order valence-electron chi connectivity index (χ3n) is 4.19. The topological polar surface area (TPSA) is 58.4 Å². The van der Waals surface area contributed by atoms with Gasteiger partial charge in [0.2, 0.25) is 5.91 Å². The first-order chi connectivity index (χ1) is 10.1. The third-order valence-corrected chi connectivity index (χ3v) is 4.19. The van der Waals surface area contributed by atoms with Crippen LogP contribution in [0.15, 0.2) is 18.2 Å². The number of piperidine rings is 1. The molecule has 0 radical (unpaired) electrons. The van der Waals surface area contributed by atoms with Crippen molar-refractivity contribution in [1.82, 2.24) is 5.32 Å². The summed E-state index contributed by atoms with van der Waals surface area (Å²) in [7, 11) is 0. The van der Waals surface area contributed by atoms with Gasteiger partial charge in [-0.25, -0.2) is 0 Å². The van der Waals surface area contributed by atoms with Gasteiger partial charge in [0, 0.05) is 30.4 Å². The number of nitrogens with two attached hydrogens (primary N) is 1. The number of rotatable bonds is 6. The van der Waals surface area contributed by atoms with E-state index < -0.39 is 0 Å². The van der Waals surface area contributed by atoms with Crippen LogP contribution in [0.2, 0.25) is 0 Å². The molecule has 1 saturated heterocycles. The van der Waals surface area contributed by atoms with E-state index in [0.717, 1.165) is 31.6 Å². The van der Waals surface area contributed by atoms with Crippen LogP contribution in [0.1, 0.15) is 48.5 Å². The zero-order valence-corrected chi connectivity index (χ0v) is 13.2. The quantitative estimate of drug-likeness (QED) is 0.845. The average molecular weight is 289 g/mol. The van der Waals surface area contributed by atoms with Gasteiger partial charge in [-0.1, -0.05) is 13.3 Å². The van der Waals surface area contributed by atoms with Gasteiger partial charge in [-0.05, 0) is 56.5 Å². The fourth-order valence-electron chi connectivity index (χ4n) is 3.06. The van der Waals surface area contributed by atoms with Crippen molar-refractivity contribution in [3.63, 3.8) is 0 Å². The van der Waals surface area contributed by atoms with Gasteiger partial charge in [-0.3, -0.25) is 4.79 Å². The van der Waals surface area contributed by atoms with Crippen LogP contribution >= 0.6 is 0 Å². The molecule has 1 aromatic carbocycles. The first-order valence-electron chi connectivity index (χ1n) is 8.00. The molecule has 0 saturated carbocycles. The van der Waals surface area contributed by atoms with Crippen molar-refractivity contribution < 1.29 is 4.79 Å². The maximum Gasteiger partial charge on any atom is 0.248 e. The van der Waals surface area contributed by atoms with Crippen molar-refractivity contribution in [3.8, 4) is 0 Å². The van der Waals surface area contributed by atoms with Crippen LogP contribution in [0.3, 0.4) is 0 Å². The van der Waals surface area contributed by atoms with Crippen LogP contribution in [0, 0.1) is 6.92 Å². The molecule has 1 aliphatic heterocycles. The van der Waals surface area contributed by atoms with Crippen LogP contribution in [0.5, 0.6) is 0 Å². The van der Waals surface area contributed by atoms with Crippen LogP contribution in [0.4, 0.5) is 5.69 Å². The molecule has 0 aliphatic carbocycles. The van der Waals surface area contributed by atoms with E-state index in [1.54, 1.807) is 0 Å². The van der Waals surface area contributed by atoms with E-state index in [1.807, 2.05) is 19.1 Å². The van der Waals surface area contributed by atoms with E-state index in [2.05, 4.69) is 23.2 Å². The number of aryl methyl sites for hydroxylation is 1. The molecule has 0 spiro atoms. The van der Waals surface area contributed by atoms with E-state index in [4.69, 9.17) is 5.73 Å². The molecule has 1 heterocycles. The van der Waals surface area contributed by atoms with Crippen LogP contribution in [0.25, 0.3) is 0 Å². The van der Waals surface area contributed by atoms with Crippen LogP contribution < -0.4 is 16.0 Å². The lowest BCUT2D eigenvalue weighted by atomic mass is 10.0. The summed E-state index contributed by atoms with van der Waals surface area (Å²) in [6.45, 7) is 7.35. The Labute approximate surface area is 127 Å². The minimum Gasteiger partial charge on any atom is -0.370 e. The van der Waals surface area contributed by atoms with Gasteiger partial charge in [0.05, 0.1) is 0 Å². The number of benzene rings is 1. The highest BCUT2D eigenvalue weighted by Crippen LogP contribution is 2.21. The molecule has 3 N–H and O–H groups in total. The summed E-state index contributed by atoms with van der Waals surface area (Å²) in [6, 6.07) is 6.52.